The topological polar surface area (TPSA) is 58.9 Å². The van der Waals surface area contributed by atoms with Crippen LogP contribution in [0.3, 0.4) is 0 Å². The molecule has 0 spiro atoms. The molecule has 0 saturated carbocycles. The van der Waals surface area contributed by atoms with Crippen LogP contribution in [0.25, 0.3) is 0 Å². The molecule has 25 heavy (non-hydrogen) atoms. The maximum Gasteiger partial charge on any atom is 0.122 e. The van der Waals surface area contributed by atoms with Crippen LogP contribution in [-0.2, 0) is 0 Å². The van der Waals surface area contributed by atoms with Crippen molar-refractivity contribution in [2.24, 2.45) is 0 Å². The van der Waals surface area contributed by atoms with Gasteiger partial charge in [-0.15, -0.1) is 0 Å². The first kappa shape index (κ1) is 19.0. The van der Waals surface area contributed by atoms with Gasteiger partial charge in [0.25, 0.3) is 0 Å². The molecule has 0 aliphatic heterocycles. The third kappa shape index (κ3) is 8.34. The van der Waals surface area contributed by atoms with E-state index in [1.165, 1.54) is 32.1 Å². The Morgan fingerprint density at radius 1 is 0.560 bits per heavy atom. The summed E-state index contributed by atoms with van der Waals surface area (Å²) < 4.78 is 11.2. The van der Waals surface area contributed by atoms with E-state index >= 15 is 0 Å². The van der Waals surface area contributed by atoms with E-state index < -0.39 is 0 Å². The zero-order valence-electron chi connectivity index (χ0n) is 14.7. The molecule has 2 aromatic rings. The molecule has 0 heterocycles. The van der Waals surface area contributed by atoms with Gasteiger partial charge >= 0.3 is 0 Å². The van der Waals surface area contributed by atoms with Gasteiger partial charge in [0.2, 0.25) is 0 Å². The van der Waals surface area contributed by atoms with E-state index in [1.54, 1.807) is 36.4 Å². The standard InChI is InChI=1S/C21H28O4/c22-18-10-8-12-20(16-18)24-14-6-4-2-1-3-5-7-15-25-21-13-9-11-19(23)17-21/h8-13,16-17,22-23H,1-7,14-15H2. The fourth-order valence-corrected chi connectivity index (χ4v) is 2.61. The quantitative estimate of drug-likeness (QED) is 0.514. The lowest BCUT2D eigenvalue weighted by molar-refractivity contribution is 0.298. The van der Waals surface area contributed by atoms with E-state index in [4.69, 9.17) is 9.47 Å². The Morgan fingerprint density at radius 3 is 1.36 bits per heavy atom. The Bertz CT molecular complexity index is 559. The van der Waals surface area contributed by atoms with Gasteiger partial charge in [-0.05, 0) is 37.1 Å². The van der Waals surface area contributed by atoms with E-state index in [0.29, 0.717) is 13.2 Å². The Balaban J connectivity index is 1.38. The first-order valence-electron chi connectivity index (χ1n) is 9.08. The number of rotatable bonds is 12. The van der Waals surface area contributed by atoms with Crippen molar-refractivity contribution in [2.45, 2.75) is 44.9 Å². The van der Waals surface area contributed by atoms with E-state index in [-0.39, 0.29) is 11.5 Å². The van der Waals surface area contributed by atoms with Gasteiger partial charge in [0.05, 0.1) is 13.2 Å². The predicted octanol–water partition coefficient (Wildman–Crippen LogP) is 5.29. The number of hydrogen-bond donors (Lipinski definition) is 2. The summed E-state index contributed by atoms with van der Waals surface area (Å²) >= 11 is 0. The Labute approximate surface area is 150 Å². The van der Waals surface area contributed by atoms with Gasteiger partial charge in [0.15, 0.2) is 0 Å². The van der Waals surface area contributed by atoms with E-state index in [0.717, 1.165) is 24.3 Å². The molecule has 0 atom stereocenters. The molecule has 0 aliphatic rings. The molecule has 0 aromatic heterocycles. The van der Waals surface area contributed by atoms with Crippen LogP contribution >= 0.6 is 0 Å². The number of benzene rings is 2. The van der Waals surface area contributed by atoms with Crippen LogP contribution in [0.2, 0.25) is 0 Å². The number of hydrogen-bond acceptors (Lipinski definition) is 4. The SMILES string of the molecule is Oc1cccc(OCCCCCCCCCOc2cccc(O)c2)c1. The van der Waals surface area contributed by atoms with E-state index in [1.807, 2.05) is 12.1 Å². The van der Waals surface area contributed by atoms with Crippen LogP contribution in [0.1, 0.15) is 44.9 Å². The molecule has 2 aromatic carbocycles. The Kier molecular flexibility index (Phi) is 8.53. The van der Waals surface area contributed by atoms with Crippen LogP contribution in [0.15, 0.2) is 48.5 Å². The molecule has 4 nitrogen and oxygen atoms in total. The van der Waals surface area contributed by atoms with Crippen LogP contribution < -0.4 is 9.47 Å². The van der Waals surface area contributed by atoms with Gasteiger partial charge in [-0.25, -0.2) is 0 Å². The zero-order valence-corrected chi connectivity index (χ0v) is 14.7. The van der Waals surface area contributed by atoms with Crippen molar-refractivity contribution in [3.63, 3.8) is 0 Å². The second-order valence-electron chi connectivity index (χ2n) is 6.17. The maximum atomic E-state index is 9.35. The fourth-order valence-electron chi connectivity index (χ4n) is 2.61. The molecule has 4 heteroatoms. The predicted molar refractivity (Wildman–Crippen MR) is 99.5 cm³/mol. The van der Waals surface area contributed by atoms with Crippen LogP contribution in [0.4, 0.5) is 0 Å². The largest absolute Gasteiger partial charge is 0.508 e. The molecule has 0 aliphatic carbocycles. The summed E-state index contributed by atoms with van der Waals surface area (Å²) in [7, 11) is 0. The Morgan fingerprint density at radius 2 is 0.960 bits per heavy atom. The molecular weight excluding hydrogens is 316 g/mol. The number of ether oxygens (including phenoxy) is 2. The minimum Gasteiger partial charge on any atom is -0.508 e. The number of aromatic hydroxyl groups is 2. The minimum atomic E-state index is 0.241. The normalized spacial score (nSPS) is 10.6. The van der Waals surface area contributed by atoms with Gasteiger partial charge in [-0.3, -0.25) is 0 Å². The maximum absolute atomic E-state index is 9.35. The highest BCUT2D eigenvalue weighted by molar-refractivity contribution is 5.32. The van der Waals surface area contributed by atoms with Crippen molar-refractivity contribution in [3.05, 3.63) is 48.5 Å². The molecule has 2 rings (SSSR count). The lowest BCUT2D eigenvalue weighted by atomic mass is 10.1. The highest BCUT2D eigenvalue weighted by Gasteiger charge is 1.97. The third-order valence-electron chi connectivity index (χ3n) is 3.96. The summed E-state index contributed by atoms with van der Waals surface area (Å²) in [5, 5.41) is 18.7. The van der Waals surface area contributed by atoms with Crippen LogP contribution in [0.5, 0.6) is 23.0 Å². The molecule has 0 saturated heterocycles. The average Bonchev–Trinajstić information content (AvgIpc) is 2.60. The smallest absolute Gasteiger partial charge is 0.122 e. The Hall–Kier alpha value is -2.36. The summed E-state index contributed by atoms with van der Waals surface area (Å²) in [5.74, 6) is 1.94. The number of phenols is 2. The van der Waals surface area contributed by atoms with Crippen LogP contribution in [0, 0.1) is 0 Å². The van der Waals surface area contributed by atoms with Gasteiger partial charge in [-0.1, -0.05) is 44.2 Å². The summed E-state index contributed by atoms with van der Waals surface area (Å²) in [6.07, 6.45) is 8.08. The van der Waals surface area contributed by atoms with E-state index in [2.05, 4.69) is 0 Å². The first-order chi connectivity index (χ1) is 12.2. The van der Waals surface area contributed by atoms with Crippen molar-refractivity contribution in [1.82, 2.24) is 0 Å². The highest BCUT2D eigenvalue weighted by atomic mass is 16.5. The molecule has 0 radical (unpaired) electrons. The van der Waals surface area contributed by atoms with Gasteiger partial charge in [-0.2, -0.15) is 0 Å². The molecule has 0 bridgehead atoms. The van der Waals surface area contributed by atoms with Gasteiger partial charge in [0.1, 0.15) is 23.0 Å². The second kappa shape index (κ2) is 11.2. The molecule has 0 fully saturated rings. The summed E-state index contributed by atoms with van der Waals surface area (Å²) in [6, 6.07) is 13.8. The number of unbranched alkanes of at least 4 members (excludes halogenated alkanes) is 6. The molecule has 0 unspecified atom stereocenters. The van der Waals surface area contributed by atoms with Gasteiger partial charge < -0.3 is 19.7 Å². The molecular formula is C21H28O4. The monoisotopic (exact) mass is 344 g/mol. The second-order valence-corrected chi connectivity index (χ2v) is 6.17. The van der Waals surface area contributed by atoms with Gasteiger partial charge in [0, 0.05) is 12.1 Å². The fraction of sp³-hybridized carbons (Fsp3) is 0.429. The molecule has 0 amide bonds. The van der Waals surface area contributed by atoms with E-state index in [9.17, 15) is 10.2 Å². The van der Waals surface area contributed by atoms with Crippen LogP contribution in [-0.4, -0.2) is 23.4 Å². The lowest BCUT2D eigenvalue weighted by Crippen LogP contribution is -1.98. The number of phenolic OH excluding ortho intramolecular Hbond substituents is 2. The lowest BCUT2D eigenvalue weighted by Gasteiger charge is -2.07. The van der Waals surface area contributed by atoms with Crippen molar-refractivity contribution < 1.29 is 19.7 Å². The summed E-state index contributed by atoms with van der Waals surface area (Å²) in [4.78, 5) is 0. The highest BCUT2D eigenvalue weighted by Crippen LogP contribution is 2.19. The zero-order chi connectivity index (χ0) is 17.7. The van der Waals surface area contributed by atoms with Crippen molar-refractivity contribution in [1.29, 1.82) is 0 Å². The first-order valence-corrected chi connectivity index (χ1v) is 9.08. The van der Waals surface area contributed by atoms with Crippen molar-refractivity contribution >= 4 is 0 Å². The average molecular weight is 344 g/mol. The van der Waals surface area contributed by atoms with Crippen molar-refractivity contribution in [3.8, 4) is 23.0 Å². The third-order valence-corrected chi connectivity index (χ3v) is 3.96. The molecule has 136 valence electrons. The summed E-state index contributed by atoms with van der Waals surface area (Å²) in [6.45, 7) is 1.39. The summed E-state index contributed by atoms with van der Waals surface area (Å²) in [5.41, 5.74) is 0. The molecule has 2 N–H and O–H groups in total. The minimum absolute atomic E-state index is 0.241. The van der Waals surface area contributed by atoms with Crippen molar-refractivity contribution in [2.75, 3.05) is 13.2 Å².